The van der Waals surface area contributed by atoms with Gasteiger partial charge in [-0.1, -0.05) is 18.9 Å². The van der Waals surface area contributed by atoms with E-state index >= 15 is 0 Å². The predicted molar refractivity (Wildman–Crippen MR) is 158 cm³/mol. The van der Waals surface area contributed by atoms with Crippen LogP contribution >= 0.6 is 0 Å². The van der Waals surface area contributed by atoms with Crippen LogP contribution in [0.1, 0.15) is 59.4 Å². The van der Waals surface area contributed by atoms with Gasteiger partial charge in [0.2, 0.25) is 11.8 Å². The minimum absolute atomic E-state index is 0.000981. The van der Waals surface area contributed by atoms with Gasteiger partial charge in [0.1, 0.15) is 0 Å². The summed E-state index contributed by atoms with van der Waals surface area (Å²) >= 11 is 0. The van der Waals surface area contributed by atoms with Crippen LogP contribution in [0.15, 0.2) is 48.5 Å². The van der Waals surface area contributed by atoms with Gasteiger partial charge in [-0.2, -0.15) is 0 Å². The number of amides is 4. The summed E-state index contributed by atoms with van der Waals surface area (Å²) < 4.78 is 5.60. The number of hydrogen-bond donors (Lipinski definition) is 5. The van der Waals surface area contributed by atoms with Crippen LogP contribution in [0.5, 0.6) is 5.75 Å². The Morgan fingerprint density at radius 3 is 2.05 bits per heavy atom. The lowest BCUT2D eigenvalue weighted by atomic mass is 10.1. The lowest BCUT2D eigenvalue weighted by molar-refractivity contribution is -0.119. The fraction of sp³-hybridized carbons (Fsp3) is 0.333. The van der Waals surface area contributed by atoms with Gasteiger partial charge >= 0.3 is 0 Å². The molecule has 3 aromatic rings. The van der Waals surface area contributed by atoms with Crippen molar-refractivity contribution in [1.82, 2.24) is 15.5 Å². The quantitative estimate of drug-likeness (QED) is 0.240. The molecule has 1 heterocycles. The van der Waals surface area contributed by atoms with Crippen LogP contribution in [0.3, 0.4) is 0 Å². The fourth-order valence-electron chi connectivity index (χ4n) is 4.85. The molecule has 2 aromatic carbocycles. The number of aromatic nitrogens is 2. The molecule has 0 spiro atoms. The number of hydrogen-bond acceptors (Lipinski definition) is 8. The van der Waals surface area contributed by atoms with Crippen molar-refractivity contribution in [3.63, 3.8) is 0 Å². The Labute approximate surface area is 243 Å². The van der Waals surface area contributed by atoms with E-state index in [1.165, 1.54) is 20.2 Å². The summed E-state index contributed by atoms with van der Waals surface area (Å²) in [5.74, 6) is -0.583. The molecule has 4 amide bonds. The third-order valence-electron chi connectivity index (χ3n) is 7.30. The van der Waals surface area contributed by atoms with Crippen LogP contribution in [0, 0.1) is 11.8 Å². The molecule has 2 aliphatic rings. The first-order chi connectivity index (χ1) is 20.4. The number of carbonyl (C=O) groups is 4. The Morgan fingerprint density at radius 1 is 0.762 bits per heavy atom. The smallest absolute Gasteiger partial charge is 0.273 e. The molecule has 12 nitrogen and oxygen atoms in total. The predicted octanol–water partition coefficient (Wildman–Crippen LogP) is 4.32. The van der Waals surface area contributed by atoms with Crippen molar-refractivity contribution in [3.05, 3.63) is 59.8 Å². The van der Waals surface area contributed by atoms with E-state index in [4.69, 9.17) is 4.74 Å². The average Bonchev–Trinajstić information content (AvgIpc) is 3.71. The third-order valence-corrected chi connectivity index (χ3v) is 7.30. The summed E-state index contributed by atoms with van der Waals surface area (Å²) in [4.78, 5) is 50.4. The Bertz CT molecular complexity index is 1500. The number of para-hydroxylation sites is 1. The highest BCUT2D eigenvalue weighted by molar-refractivity contribution is 6.08. The van der Waals surface area contributed by atoms with E-state index in [0.29, 0.717) is 17.1 Å². The number of nitrogens with one attached hydrogen (secondary N) is 5. The number of carbonyl (C=O) groups excluding carboxylic acids is 4. The molecule has 0 unspecified atom stereocenters. The maximum absolute atomic E-state index is 13.3. The molecule has 5 N–H and O–H groups in total. The van der Waals surface area contributed by atoms with Gasteiger partial charge in [0.15, 0.2) is 17.3 Å². The van der Waals surface area contributed by atoms with Crippen molar-refractivity contribution in [2.75, 3.05) is 35.4 Å². The number of nitrogens with zero attached hydrogens (tertiary/aromatic N) is 2. The van der Waals surface area contributed by atoms with Gasteiger partial charge in [-0.25, -0.2) is 0 Å². The van der Waals surface area contributed by atoms with Crippen LogP contribution in [0.25, 0.3) is 0 Å². The second-order valence-electron chi connectivity index (χ2n) is 10.3. The maximum Gasteiger partial charge on any atom is 0.273 e. The molecular formula is C30H33N7O5. The van der Waals surface area contributed by atoms with Gasteiger partial charge in [-0.15, -0.1) is 10.2 Å². The van der Waals surface area contributed by atoms with E-state index in [1.807, 2.05) is 0 Å². The number of ether oxygens (including phenoxy) is 1. The lowest BCUT2D eigenvalue weighted by Crippen LogP contribution is -2.22. The zero-order valence-corrected chi connectivity index (χ0v) is 23.5. The Kier molecular flexibility index (Phi) is 8.60. The Balaban J connectivity index is 1.32. The molecule has 42 heavy (non-hydrogen) atoms. The number of benzene rings is 2. The number of rotatable bonds is 10. The van der Waals surface area contributed by atoms with E-state index in [0.717, 1.165) is 38.5 Å². The van der Waals surface area contributed by atoms with Crippen LogP contribution in [0.4, 0.5) is 28.6 Å². The highest BCUT2D eigenvalue weighted by atomic mass is 16.5. The standard InChI is InChI=1S/C30H33N7O5/c1-31-30(41)25-23(16-24(36-37-25)35-28(39)18-10-11-18)34-22-9-5-8-21(26(22)42-2)29(40)33-20-14-12-19(13-15-20)32-27(38)17-6-3-4-7-17/h5,8-9,12-18H,3-4,6-7,10-11H2,1-2H3,(H,31,41)(H,32,38)(H,33,40)(H2,34,35,36,39). The van der Waals surface area contributed by atoms with E-state index in [1.54, 1.807) is 42.5 Å². The minimum atomic E-state index is -0.485. The van der Waals surface area contributed by atoms with Gasteiger partial charge in [0.25, 0.3) is 11.8 Å². The largest absolute Gasteiger partial charge is 0.494 e. The number of anilines is 5. The summed E-state index contributed by atoms with van der Waals surface area (Å²) in [5.41, 5.74) is 2.11. The normalized spacial score (nSPS) is 14.5. The first-order valence-electron chi connectivity index (χ1n) is 13.9. The van der Waals surface area contributed by atoms with Crippen molar-refractivity contribution in [3.8, 4) is 5.75 Å². The first-order valence-corrected chi connectivity index (χ1v) is 13.9. The molecule has 0 radical (unpaired) electrons. The zero-order chi connectivity index (χ0) is 29.6. The third kappa shape index (κ3) is 6.65. The van der Waals surface area contributed by atoms with Crippen LogP contribution in [-0.2, 0) is 9.59 Å². The molecule has 218 valence electrons. The molecule has 0 bridgehead atoms. The lowest BCUT2D eigenvalue weighted by Gasteiger charge is -2.17. The highest BCUT2D eigenvalue weighted by Gasteiger charge is 2.30. The van der Waals surface area contributed by atoms with E-state index in [-0.39, 0.29) is 52.2 Å². The van der Waals surface area contributed by atoms with Crippen LogP contribution in [0.2, 0.25) is 0 Å². The zero-order valence-electron chi connectivity index (χ0n) is 23.5. The molecule has 0 atom stereocenters. The van der Waals surface area contributed by atoms with Crippen molar-refractivity contribution in [2.24, 2.45) is 11.8 Å². The summed E-state index contributed by atoms with van der Waals surface area (Å²) in [6.45, 7) is 0. The van der Waals surface area contributed by atoms with Gasteiger partial charge < -0.3 is 31.3 Å². The van der Waals surface area contributed by atoms with Gasteiger partial charge in [0.05, 0.1) is 24.0 Å². The molecule has 2 aliphatic carbocycles. The summed E-state index contributed by atoms with van der Waals surface area (Å²) in [6.07, 6.45) is 5.65. The second kappa shape index (κ2) is 12.7. The summed E-state index contributed by atoms with van der Waals surface area (Å²) in [6, 6.07) is 13.4. The van der Waals surface area contributed by atoms with Crippen molar-refractivity contribution in [1.29, 1.82) is 0 Å². The molecule has 2 saturated carbocycles. The molecule has 2 fully saturated rings. The maximum atomic E-state index is 13.3. The topological polar surface area (TPSA) is 163 Å². The van der Waals surface area contributed by atoms with Crippen molar-refractivity contribution < 1.29 is 23.9 Å². The van der Waals surface area contributed by atoms with Crippen LogP contribution < -0.4 is 31.3 Å². The van der Waals surface area contributed by atoms with Crippen molar-refractivity contribution >= 4 is 52.2 Å². The molecule has 12 heteroatoms. The first kappa shape index (κ1) is 28.5. The molecule has 1 aromatic heterocycles. The summed E-state index contributed by atoms with van der Waals surface area (Å²) in [5, 5.41) is 22.1. The number of methoxy groups -OCH3 is 1. The van der Waals surface area contributed by atoms with E-state index in [2.05, 4.69) is 36.8 Å². The SMILES string of the molecule is CNC(=O)c1nnc(NC(=O)C2CC2)cc1Nc1cccc(C(=O)Nc2ccc(NC(=O)C3CCCC3)cc2)c1OC. The Morgan fingerprint density at radius 2 is 1.40 bits per heavy atom. The van der Waals surface area contributed by atoms with Gasteiger partial charge in [-0.3, -0.25) is 19.2 Å². The minimum Gasteiger partial charge on any atom is -0.494 e. The molecule has 5 rings (SSSR count). The Hall–Kier alpha value is -5.00. The molecule has 0 saturated heterocycles. The molecule has 0 aliphatic heterocycles. The van der Waals surface area contributed by atoms with Gasteiger partial charge in [-0.05, 0) is 62.1 Å². The van der Waals surface area contributed by atoms with E-state index < -0.39 is 11.8 Å². The highest BCUT2D eigenvalue weighted by Crippen LogP contribution is 2.34. The monoisotopic (exact) mass is 571 g/mol. The average molecular weight is 572 g/mol. The van der Waals surface area contributed by atoms with Crippen molar-refractivity contribution in [2.45, 2.75) is 38.5 Å². The van der Waals surface area contributed by atoms with Gasteiger partial charge in [0, 0.05) is 36.3 Å². The summed E-state index contributed by atoms with van der Waals surface area (Å²) in [7, 11) is 2.91. The van der Waals surface area contributed by atoms with Crippen LogP contribution in [-0.4, -0.2) is 48.0 Å². The second-order valence-corrected chi connectivity index (χ2v) is 10.3. The fourth-order valence-corrected chi connectivity index (χ4v) is 4.85. The molecular weight excluding hydrogens is 538 g/mol. The van der Waals surface area contributed by atoms with E-state index in [9.17, 15) is 19.2 Å².